The van der Waals surface area contributed by atoms with Crippen LogP contribution in [0.2, 0.25) is 0 Å². The van der Waals surface area contributed by atoms with Crippen molar-refractivity contribution >= 4 is 0 Å². The van der Waals surface area contributed by atoms with Crippen molar-refractivity contribution in [2.75, 3.05) is 0 Å². The fourth-order valence-corrected chi connectivity index (χ4v) is 1.37. The van der Waals surface area contributed by atoms with Crippen molar-refractivity contribution in [2.24, 2.45) is 0 Å². The monoisotopic (exact) mass is 188 g/mol. The van der Waals surface area contributed by atoms with Gasteiger partial charge in [-0.1, -0.05) is 36.5 Å². The van der Waals surface area contributed by atoms with Gasteiger partial charge in [-0.05, 0) is 24.0 Å². The Balaban J connectivity index is 0.000000605. The van der Waals surface area contributed by atoms with Crippen molar-refractivity contribution in [3.05, 3.63) is 47.6 Å². The summed E-state index contributed by atoms with van der Waals surface area (Å²) < 4.78 is 0. The fraction of sp³-hybridized carbons (Fsp3) is 0.200. The van der Waals surface area contributed by atoms with Gasteiger partial charge in [0, 0.05) is 0 Å². The van der Waals surface area contributed by atoms with Gasteiger partial charge in [0.15, 0.2) is 0 Å². The van der Waals surface area contributed by atoms with Crippen molar-refractivity contribution in [3.8, 4) is 0 Å². The summed E-state index contributed by atoms with van der Waals surface area (Å²) in [5, 5.41) is 0. The van der Waals surface area contributed by atoms with E-state index in [0.717, 1.165) is 12.8 Å². The van der Waals surface area contributed by atoms with E-state index in [1.807, 2.05) is 0 Å². The molecule has 11 heavy (non-hydrogen) atoms. The van der Waals surface area contributed by atoms with E-state index in [-0.39, 0.29) is 16.5 Å². The predicted octanol–water partition coefficient (Wildman–Crippen LogP) is 2.76. The fourth-order valence-electron chi connectivity index (χ4n) is 1.37. The van der Waals surface area contributed by atoms with Gasteiger partial charge in [0.1, 0.15) is 0 Å². The van der Waals surface area contributed by atoms with E-state index < -0.39 is 0 Å². The maximum Gasteiger partial charge on any atom is 2.00 e. The Hall–Kier alpha value is -0.546. The van der Waals surface area contributed by atoms with Gasteiger partial charge in [-0.2, -0.15) is 0 Å². The number of allylic oxidation sites excluding steroid dienone is 8. The summed E-state index contributed by atoms with van der Waals surface area (Å²) >= 11 is 0. The molecule has 0 N–H and O–H groups in total. The Morgan fingerprint density at radius 2 is 1.27 bits per heavy atom. The van der Waals surface area contributed by atoms with E-state index >= 15 is 0 Å². The Bertz CT molecular complexity index is 226. The molecule has 0 saturated heterocycles. The van der Waals surface area contributed by atoms with Gasteiger partial charge in [-0.25, -0.2) is 0 Å². The summed E-state index contributed by atoms with van der Waals surface area (Å²) in [7, 11) is 0. The van der Waals surface area contributed by atoms with Crippen LogP contribution in [-0.2, 0) is 16.5 Å². The molecule has 0 fully saturated rings. The van der Waals surface area contributed by atoms with E-state index in [1.54, 1.807) is 0 Å². The third-order valence-electron chi connectivity index (χ3n) is 1.95. The Labute approximate surface area is 77.3 Å². The van der Waals surface area contributed by atoms with Gasteiger partial charge in [0.2, 0.25) is 0 Å². The number of hydrogen-bond acceptors (Lipinski definition) is 0. The first-order valence-electron chi connectivity index (χ1n) is 3.68. The van der Waals surface area contributed by atoms with E-state index in [0.29, 0.717) is 0 Å². The predicted molar refractivity (Wildman–Crippen MR) is 43.7 cm³/mol. The molecule has 0 saturated carbocycles. The van der Waals surface area contributed by atoms with Crippen LogP contribution in [0.5, 0.6) is 0 Å². The standard InChI is InChI=1S/C10H10.Ni/c1-2-6-9(5-1)10-7-3-4-8-10;/h1-5,7H,6,8H2;/q;+2. The minimum Gasteiger partial charge on any atom is -0.0801 e. The minimum atomic E-state index is 0. The molecular formula is C10H10Ni+2. The second kappa shape index (κ2) is 3.73. The van der Waals surface area contributed by atoms with Gasteiger partial charge < -0.3 is 0 Å². The van der Waals surface area contributed by atoms with Crippen LogP contribution in [-0.4, -0.2) is 0 Å². The Morgan fingerprint density at radius 3 is 1.55 bits per heavy atom. The van der Waals surface area contributed by atoms with Gasteiger partial charge in [-0.3, -0.25) is 0 Å². The molecule has 0 atom stereocenters. The van der Waals surface area contributed by atoms with Crippen LogP contribution in [0.4, 0.5) is 0 Å². The molecule has 0 heterocycles. The maximum absolute atomic E-state index is 2.21. The number of rotatable bonds is 1. The minimum absolute atomic E-state index is 0. The quantitative estimate of drug-likeness (QED) is 0.556. The molecule has 0 aliphatic heterocycles. The zero-order chi connectivity index (χ0) is 6.81. The van der Waals surface area contributed by atoms with E-state index in [1.165, 1.54) is 11.1 Å². The maximum atomic E-state index is 2.21. The first kappa shape index (κ1) is 8.55. The van der Waals surface area contributed by atoms with E-state index in [2.05, 4.69) is 36.5 Å². The van der Waals surface area contributed by atoms with Crippen LogP contribution in [0, 0.1) is 0 Å². The van der Waals surface area contributed by atoms with Crippen molar-refractivity contribution in [3.63, 3.8) is 0 Å². The van der Waals surface area contributed by atoms with E-state index in [4.69, 9.17) is 0 Å². The molecule has 0 bridgehead atoms. The van der Waals surface area contributed by atoms with E-state index in [9.17, 15) is 0 Å². The Morgan fingerprint density at radius 1 is 0.818 bits per heavy atom. The van der Waals surface area contributed by atoms with Crippen LogP contribution in [0.3, 0.4) is 0 Å². The largest absolute Gasteiger partial charge is 2.00 e. The molecule has 2 aliphatic carbocycles. The molecule has 0 unspecified atom stereocenters. The summed E-state index contributed by atoms with van der Waals surface area (Å²) in [5.41, 5.74) is 2.98. The number of hydrogen-bond donors (Lipinski definition) is 0. The van der Waals surface area contributed by atoms with Crippen molar-refractivity contribution < 1.29 is 16.5 Å². The summed E-state index contributed by atoms with van der Waals surface area (Å²) in [4.78, 5) is 0. The molecule has 0 radical (unpaired) electrons. The molecule has 0 aromatic heterocycles. The van der Waals surface area contributed by atoms with Gasteiger partial charge >= 0.3 is 16.5 Å². The van der Waals surface area contributed by atoms with Crippen LogP contribution in [0.15, 0.2) is 47.6 Å². The molecular weight excluding hydrogens is 179 g/mol. The summed E-state index contributed by atoms with van der Waals surface area (Å²) in [6, 6.07) is 0. The summed E-state index contributed by atoms with van der Waals surface area (Å²) in [5.74, 6) is 0. The molecule has 1 heteroatoms. The molecule has 0 spiro atoms. The summed E-state index contributed by atoms with van der Waals surface area (Å²) in [6.45, 7) is 0. The first-order chi connectivity index (χ1) is 4.97. The van der Waals surface area contributed by atoms with Crippen molar-refractivity contribution in [2.45, 2.75) is 12.8 Å². The molecule has 2 rings (SSSR count). The Kier molecular flexibility index (Phi) is 2.90. The van der Waals surface area contributed by atoms with Gasteiger partial charge in [0.25, 0.3) is 0 Å². The van der Waals surface area contributed by atoms with Crippen molar-refractivity contribution in [1.82, 2.24) is 0 Å². The smallest absolute Gasteiger partial charge is 0.0801 e. The molecule has 0 aromatic rings. The molecule has 0 aromatic carbocycles. The van der Waals surface area contributed by atoms with Gasteiger partial charge in [0.05, 0.1) is 0 Å². The average molecular weight is 189 g/mol. The molecule has 2 aliphatic rings. The van der Waals surface area contributed by atoms with Crippen LogP contribution >= 0.6 is 0 Å². The SMILES string of the molecule is C1=CCC(C2=CC=CC2)=C1.[Ni+2]. The zero-order valence-corrected chi connectivity index (χ0v) is 7.18. The van der Waals surface area contributed by atoms with Gasteiger partial charge in [-0.15, -0.1) is 0 Å². The second-order valence-corrected chi connectivity index (χ2v) is 2.65. The molecule has 58 valence electrons. The normalized spacial score (nSPS) is 19.6. The van der Waals surface area contributed by atoms with Crippen LogP contribution in [0.25, 0.3) is 0 Å². The molecule has 0 amide bonds. The van der Waals surface area contributed by atoms with Crippen molar-refractivity contribution in [1.29, 1.82) is 0 Å². The third kappa shape index (κ3) is 1.72. The van der Waals surface area contributed by atoms with Crippen LogP contribution < -0.4 is 0 Å². The third-order valence-corrected chi connectivity index (χ3v) is 1.95. The average Bonchev–Trinajstić information content (AvgIpc) is 2.59. The zero-order valence-electron chi connectivity index (χ0n) is 6.19. The van der Waals surface area contributed by atoms with Crippen LogP contribution in [0.1, 0.15) is 12.8 Å². The second-order valence-electron chi connectivity index (χ2n) is 2.65. The molecule has 0 nitrogen and oxygen atoms in total. The topological polar surface area (TPSA) is 0 Å². The summed E-state index contributed by atoms with van der Waals surface area (Å²) in [6.07, 6.45) is 15.4. The first-order valence-corrected chi connectivity index (χ1v) is 3.68.